The number of rotatable bonds is 5. The minimum atomic E-state index is -1.08. The molecular formula is C13H11ClN2O3S. The Morgan fingerprint density at radius 3 is 2.75 bits per heavy atom. The number of thiophene rings is 1. The first-order valence-electron chi connectivity index (χ1n) is 5.65. The highest BCUT2D eigenvalue weighted by Gasteiger charge is 2.10. The third-order valence-electron chi connectivity index (χ3n) is 2.46. The molecule has 1 aromatic carbocycles. The van der Waals surface area contributed by atoms with Crippen molar-refractivity contribution in [2.24, 2.45) is 0 Å². The van der Waals surface area contributed by atoms with E-state index in [2.05, 4.69) is 10.6 Å². The summed E-state index contributed by atoms with van der Waals surface area (Å²) in [4.78, 5) is 22.6. The monoisotopic (exact) mass is 310 g/mol. The average molecular weight is 311 g/mol. The summed E-state index contributed by atoms with van der Waals surface area (Å²) in [6.45, 7) is 0.0738. The number of hydrogen-bond acceptors (Lipinski definition) is 4. The molecule has 3 N–H and O–H groups in total. The quantitative estimate of drug-likeness (QED) is 0.792. The molecule has 0 aliphatic heterocycles. The summed E-state index contributed by atoms with van der Waals surface area (Å²) in [7, 11) is 0. The fourth-order valence-electron chi connectivity index (χ4n) is 1.50. The van der Waals surface area contributed by atoms with Crippen molar-refractivity contribution < 1.29 is 14.7 Å². The number of carboxylic acid groups (broad SMARTS) is 1. The Kier molecular flexibility index (Phi) is 4.60. The molecule has 20 heavy (non-hydrogen) atoms. The number of aromatic carboxylic acids is 1. The van der Waals surface area contributed by atoms with E-state index in [4.69, 9.17) is 16.7 Å². The zero-order valence-electron chi connectivity index (χ0n) is 10.2. The summed E-state index contributed by atoms with van der Waals surface area (Å²) in [6.07, 6.45) is 0. The Morgan fingerprint density at radius 2 is 2.10 bits per heavy atom. The summed E-state index contributed by atoms with van der Waals surface area (Å²) in [6, 6.07) is 6.00. The van der Waals surface area contributed by atoms with Crippen LogP contribution in [-0.2, 0) is 4.79 Å². The van der Waals surface area contributed by atoms with E-state index in [0.717, 1.165) is 5.69 Å². The van der Waals surface area contributed by atoms with Gasteiger partial charge in [0.25, 0.3) is 0 Å². The Bertz CT molecular complexity index is 629. The Morgan fingerprint density at radius 1 is 1.30 bits per heavy atom. The van der Waals surface area contributed by atoms with E-state index in [0.29, 0.717) is 5.02 Å². The van der Waals surface area contributed by atoms with Gasteiger partial charge in [-0.1, -0.05) is 11.6 Å². The van der Waals surface area contributed by atoms with Crippen LogP contribution < -0.4 is 10.6 Å². The van der Waals surface area contributed by atoms with Crippen molar-refractivity contribution in [3.63, 3.8) is 0 Å². The maximum Gasteiger partial charge on any atom is 0.335 e. The smallest absolute Gasteiger partial charge is 0.335 e. The minimum absolute atomic E-state index is 0.0653. The van der Waals surface area contributed by atoms with E-state index in [1.807, 2.05) is 16.8 Å². The molecule has 7 heteroatoms. The molecule has 0 saturated heterocycles. The van der Waals surface area contributed by atoms with Gasteiger partial charge in [-0.3, -0.25) is 4.79 Å². The van der Waals surface area contributed by atoms with Gasteiger partial charge >= 0.3 is 5.97 Å². The molecule has 0 unspecified atom stereocenters. The van der Waals surface area contributed by atoms with Gasteiger partial charge in [0, 0.05) is 11.1 Å². The second kappa shape index (κ2) is 6.40. The molecule has 5 nitrogen and oxygen atoms in total. The van der Waals surface area contributed by atoms with Crippen LogP contribution in [0.5, 0.6) is 0 Å². The van der Waals surface area contributed by atoms with Crippen molar-refractivity contribution in [1.29, 1.82) is 0 Å². The van der Waals surface area contributed by atoms with Gasteiger partial charge in [0.1, 0.15) is 0 Å². The molecule has 0 aliphatic rings. The number of amides is 1. The highest BCUT2D eigenvalue weighted by molar-refractivity contribution is 7.08. The molecule has 104 valence electrons. The summed E-state index contributed by atoms with van der Waals surface area (Å²) >= 11 is 7.44. The van der Waals surface area contributed by atoms with Crippen LogP contribution in [0.3, 0.4) is 0 Å². The molecule has 0 bridgehead atoms. The van der Waals surface area contributed by atoms with E-state index in [9.17, 15) is 9.59 Å². The predicted molar refractivity (Wildman–Crippen MR) is 79.8 cm³/mol. The topological polar surface area (TPSA) is 78.4 Å². The third kappa shape index (κ3) is 3.72. The number of halogens is 1. The highest BCUT2D eigenvalue weighted by Crippen LogP contribution is 2.23. The lowest BCUT2D eigenvalue weighted by Gasteiger charge is -2.09. The van der Waals surface area contributed by atoms with E-state index >= 15 is 0 Å². The van der Waals surface area contributed by atoms with Crippen molar-refractivity contribution in [2.45, 2.75) is 0 Å². The largest absolute Gasteiger partial charge is 0.478 e. The van der Waals surface area contributed by atoms with E-state index in [-0.39, 0.29) is 23.7 Å². The van der Waals surface area contributed by atoms with Crippen LogP contribution in [0.1, 0.15) is 10.4 Å². The SMILES string of the molecule is O=C(CNc1ccsc1)Nc1cc(C(=O)O)ccc1Cl. The molecule has 0 spiro atoms. The fraction of sp³-hybridized carbons (Fsp3) is 0.0769. The fourth-order valence-corrected chi connectivity index (χ4v) is 2.27. The number of anilines is 2. The molecular weight excluding hydrogens is 300 g/mol. The van der Waals surface area contributed by atoms with Crippen LogP contribution >= 0.6 is 22.9 Å². The molecule has 0 radical (unpaired) electrons. The van der Waals surface area contributed by atoms with Crippen molar-refractivity contribution in [2.75, 3.05) is 17.2 Å². The second-order valence-electron chi connectivity index (χ2n) is 3.91. The highest BCUT2D eigenvalue weighted by atomic mass is 35.5. The van der Waals surface area contributed by atoms with Gasteiger partial charge in [-0.15, -0.1) is 0 Å². The predicted octanol–water partition coefficient (Wildman–Crippen LogP) is 3.15. The molecule has 0 aliphatic carbocycles. The van der Waals surface area contributed by atoms with Gasteiger partial charge in [0.05, 0.1) is 22.8 Å². The Labute approximate surface area is 124 Å². The van der Waals surface area contributed by atoms with Gasteiger partial charge in [-0.2, -0.15) is 11.3 Å². The van der Waals surface area contributed by atoms with Crippen molar-refractivity contribution >= 4 is 46.2 Å². The van der Waals surface area contributed by atoms with E-state index in [1.54, 1.807) is 0 Å². The third-order valence-corrected chi connectivity index (χ3v) is 3.47. The number of carbonyl (C=O) groups is 2. The summed E-state index contributed by atoms with van der Waals surface area (Å²) < 4.78 is 0. The average Bonchev–Trinajstić information content (AvgIpc) is 2.92. The van der Waals surface area contributed by atoms with Crippen molar-refractivity contribution in [1.82, 2.24) is 0 Å². The van der Waals surface area contributed by atoms with E-state index in [1.165, 1.54) is 29.5 Å². The maximum atomic E-state index is 11.8. The number of carbonyl (C=O) groups excluding carboxylic acids is 1. The van der Waals surface area contributed by atoms with Crippen LogP contribution in [0.2, 0.25) is 5.02 Å². The lowest BCUT2D eigenvalue weighted by molar-refractivity contribution is -0.114. The normalized spacial score (nSPS) is 10.1. The molecule has 0 saturated carbocycles. The Balaban J connectivity index is 2.00. The van der Waals surface area contributed by atoms with Crippen LogP contribution in [0, 0.1) is 0 Å². The summed E-state index contributed by atoms with van der Waals surface area (Å²) in [5.41, 5.74) is 1.20. The maximum absolute atomic E-state index is 11.8. The molecule has 1 aromatic heterocycles. The van der Waals surface area contributed by atoms with Crippen molar-refractivity contribution in [3.05, 3.63) is 45.6 Å². The zero-order chi connectivity index (χ0) is 14.5. The number of carboxylic acids is 1. The first-order valence-corrected chi connectivity index (χ1v) is 6.97. The van der Waals surface area contributed by atoms with Crippen molar-refractivity contribution in [3.8, 4) is 0 Å². The van der Waals surface area contributed by atoms with Gasteiger partial charge in [0.2, 0.25) is 5.91 Å². The molecule has 2 rings (SSSR count). The number of benzene rings is 1. The summed E-state index contributed by atoms with van der Waals surface area (Å²) in [5.74, 6) is -1.38. The van der Waals surface area contributed by atoms with Crippen LogP contribution in [0.25, 0.3) is 0 Å². The van der Waals surface area contributed by atoms with Crippen LogP contribution in [0.4, 0.5) is 11.4 Å². The molecule has 0 fully saturated rings. The molecule has 1 heterocycles. The summed E-state index contributed by atoms with van der Waals surface area (Å²) in [5, 5.41) is 18.5. The Hall–Kier alpha value is -2.05. The first kappa shape index (κ1) is 14.4. The van der Waals surface area contributed by atoms with Crippen LogP contribution in [0.15, 0.2) is 35.0 Å². The van der Waals surface area contributed by atoms with Gasteiger partial charge in [0.15, 0.2) is 0 Å². The standard InChI is InChI=1S/C13H11ClN2O3S/c14-10-2-1-8(13(18)19)5-11(10)16-12(17)6-15-9-3-4-20-7-9/h1-5,7,15H,6H2,(H,16,17)(H,18,19). The second-order valence-corrected chi connectivity index (χ2v) is 5.10. The minimum Gasteiger partial charge on any atom is -0.478 e. The number of hydrogen-bond donors (Lipinski definition) is 3. The lowest BCUT2D eigenvalue weighted by Crippen LogP contribution is -2.21. The van der Waals surface area contributed by atoms with E-state index < -0.39 is 5.97 Å². The molecule has 0 atom stereocenters. The molecule has 1 amide bonds. The van der Waals surface area contributed by atoms with Gasteiger partial charge in [-0.25, -0.2) is 4.79 Å². The zero-order valence-corrected chi connectivity index (χ0v) is 11.8. The first-order chi connectivity index (χ1) is 9.56. The van der Waals surface area contributed by atoms with Gasteiger partial charge in [-0.05, 0) is 29.6 Å². The number of nitrogens with one attached hydrogen (secondary N) is 2. The molecule has 2 aromatic rings. The van der Waals surface area contributed by atoms with Gasteiger partial charge < -0.3 is 15.7 Å². The van der Waals surface area contributed by atoms with Crippen LogP contribution in [-0.4, -0.2) is 23.5 Å². The lowest BCUT2D eigenvalue weighted by atomic mass is 10.2.